The monoisotopic (exact) mass is 265 g/mol. The van der Waals surface area contributed by atoms with Crippen LogP contribution in [0.15, 0.2) is 0 Å². The number of nitrogens with one attached hydrogen (secondary N) is 1. The molecule has 0 aromatic carbocycles. The molecule has 0 bridgehead atoms. The normalized spacial score (nSPS) is 14.0. The second kappa shape index (κ2) is 9.12. The molecule has 100 valence electrons. The highest BCUT2D eigenvalue weighted by molar-refractivity contribution is 7.85. The molecule has 0 aliphatic rings. The maximum absolute atomic E-state index is 11.5. The molecule has 0 saturated heterocycles. The van der Waals surface area contributed by atoms with E-state index in [-0.39, 0.29) is 5.75 Å². The molecule has 0 fully saturated rings. The summed E-state index contributed by atoms with van der Waals surface area (Å²) in [6, 6.07) is -1.08. The van der Waals surface area contributed by atoms with E-state index in [1.807, 2.05) is 6.92 Å². The Morgan fingerprint density at radius 3 is 2.59 bits per heavy atom. The van der Waals surface area contributed by atoms with Gasteiger partial charge in [-0.2, -0.15) is 0 Å². The van der Waals surface area contributed by atoms with Gasteiger partial charge >= 0.3 is 5.97 Å². The van der Waals surface area contributed by atoms with Crippen molar-refractivity contribution in [2.45, 2.75) is 26.3 Å². The van der Waals surface area contributed by atoms with E-state index in [0.717, 1.165) is 0 Å². The van der Waals surface area contributed by atoms with Gasteiger partial charge in [-0.25, -0.2) is 4.79 Å². The van der Waals surface area contributed by atoms with Crippen molar-refractivity contribution >= 4 is 22.7 Å². The van der Waals surface area contributed by atoms with Crippen molar-refractivity contribution in [1.29, 1.82) is 0 Å². The number of carboxylic acid groups (broad SMARTS) is 1. The average Bonchev–Trinajstić information content (AvgIpc) is 2.22. The Morgan fingerprint density at radius 1 is 1.47 bits per heavy atom. The molecule has 7 heteroatoms. The number of ether oxygens (including phenoxy) is 1. The van der Waals surface area contributed by atoms with Gasteiger partial charge < -0.3 is 15.2 Å². The van der Waals surface area contributed by atoms with E-state index in [9.17, 15) is 13.8 Å². The van der Waals surface area contributed by atoms with E-state index in [2.05, 4.69) is 5.32 Å². The number of carbonyl (C=O) groups excluding carboxylic acids is 1. The van der Waals surface area contributed by atoms with Crippen LogP contribution in [0.1, 0.15) is 20.3 Å². The van der Waals surface area contributed by atoms with Gasteiger partial charge in [-0.1, -0.05) is 0 Å². The molecule has 2 unspecified atom stereocenters. The van der Waals surface area contributed by atoms with Crippen molar-refractivity contribution in [3.8, 4) is 0 Å². The average molecular weight is 265 g/mol. The van der Waals surface area contributed by atoms with Gasteiger partial charge in [0.15, 0.2) is 0 Å². The minimum Gasteiger partial charge on any atom is -0.480 e. The van der Waals surface area contributed by atoms with Crippen LogP contribution in [0.3, 0.4) is 0 Å². The van der Waals surface area contributed by atoms with E-state index in [1.165, 1.54) is 6.92 Å². The highest BCUT2D eigenvalue weighted by Gasteiger charge is 2.20. The zero-order valence-electron chi connectivity index (χ0n) is 10.1. The molecule has 2 atom stereocenters. The predicted molar refractivity (Wildman–Crippen MR) is 64.2 cm³/mol. The molecule has 0 rings (SSSR count). The van der Waals surface area contributed by atoms with Gasteiger partial charge in [-0.3, -0.25) is 9.00 Å². The first-order chi connectivity index (χ1) is 7.97. The molecule has 2 N–H and O–H groups in total. The molecule has 0 aromatic rings. The Labute approximate surface area is 103 Å². The van der Waals surface area contributed by atoms with Crippen molar-refractivity contribution in [3.63, 3.8) is 0 Å². The largest absolute Gasteiger partial charge is 0.480 e. The van der Waals surface area contributed by atoms with E-state index >= 15 is 0 Å². The smallest absolute Gasteiger partial charge is 0.327 e. The number of aliphatic carboxylic acids is 1. The minimum atomic E-state index is -1.27. The minimum absolute atomic E-state index is 0.0684. The van der Waals surface area contributed by atoms with Gasteiger partial charge in [0.05, 0.1) is 5.75 Å². The summed E-state index contributed by atoms with van der Waals surface area (Å²) >= 11 is 0. The number of carboxylic acids is 1. The van der Waals surface area contributed by atoms with Crippen LogP contribution in [0.4, 0.5) is 0 Å². The summed E-state index contributed by atoms with van der Waals surface area (Å²) in [6.45, 7) is 4.22. The lowest BCUT2D eigenvalue weighted by molar-refractivity contribution is -0.140. The summed E-state index contributed by atoms with van der Waals surface area (Å²) in [4.78, 5) is 21.5. The third kappa shape index (κ3) is 8.82. The molecular formula is C10H19NO5S. The van der Waals surface area contributed by atoms with Crippen molar-refractivity contribution in [3.05, 3.63) is 0 Å². The molecule has 17 heavy (non-hydrogen) atoms. The van der Waals surface area contributed by atoms with E-state index in [1.54, 1.807) is 0 Å². The summed E-state index contributed by atoms with van der Waals surface area (Å²) in [6.07, 6.45) is 0.618. The fourth-order valence-electron chi connectivity index (χ4n) is 1.16. The van der Waals surface area contributed by atoms with Gasteiger partial charge in [-0.15, -0.1) is 0 Å². The van der Waals surface area contributed by atoms with E-state index in [4.69, 9.17) is 9.84 Å². The molecule has 0 aromatic heterocycles. The highest BCUT2D eigenvalue weighted by atomic mass is 32.2. The first-order valence-corrected chi connectivity index (χ1v) is 6.88. The lowest BCUT2D eigenvalue weighted by atomic mass is 10.3. The highest BCUT2D eigenvalue weighted by Crippen LogP contribution is 1.95. The summed E-state index contributed by atoms with van der Waals surface area (Å²) < 4.78 is 16.6. The van der Waals surface area contributed by atoms with Crippen molar-refractivity contribution in [1.82, 2.24) is 5.32 Å². The lowest BCUT2D eigenvalue weighted by Crippen LogP contribution is -2.43. The van der Waals surface area contributed by atoms with Gasteiger partial charge in [0.1, 0.15) is 6.04 Å². The van der Waals surface area contributed by atoms with Gasteiger partial charge in [0.2, 0.25) is 5.91 Å². The Morgan fingerprint density at radius 2 is 2.12 bits per heavy atom. The van der Waals surface area contributed by atoms with Crippen LogP contribution < -0.4 is 5.32 Å². The zero-order chi connectivity index (χ0) is 13.3. The van der Waals surface area contributed by atoms with E-state index < -0.39 is 28.7 Å². The fourth-order valence-corrected chi connectivity index (χ4v) is 2.36. The van der Waals surface area contributed by atoms with Gasteiger partial charge in [-0.05, 0) is 13.3 Å². The number of hydrogen-bond donors (Lipinski definition) is 2. The Kier molecular flexibility index (Phi) is 8.61. The van der Waals surface area contributed by atoms with Crippen molar-refractivity contribution in [2.24, 2.45) is 0 Å². The summed E-state index contributed by atoms with van der Waals surface area (Å²) in [5, 5.41) is 11.1. The molecule has 0 spiro atoms. The molecular weight excluding hydrogens is 246 g/mol. The first-order valence-electron chi connectivity index (χ1n) is 5.40. The summed E-state index contributed by atoms with van der Waals surface area (Å²) in [5.41, 5.74) is 0. The van der Waals surface area contributed by atoms with Gasteiger partial charge in [0.25, 0.3) is 0 Å². The van der Waals surface area contributed by atoms with Crippen LogP contribution in [0.5, 0.6) is 0 Å². The van der Waals surface area contributed by atoms with Crippen LogP contribution in [-0.4, -0.2) is 52.0 Å². The SMILES string of the molecule is CCOCCCS(=O)CC(NC(C)=O)C(=O)O. The molecule has 0 radical (unpaired) electrons. The standard InChI is InChI=1S/C10H19NO5S/c1-3-16-5-4-6-17(15)7-9(10(13)14)11-8(2)12/h9H,3-7H2,1-2H3,(H,11,12)(H,13,14). The summed E-state index contributed by atoms with van der Waals surface area (Å²) in [7, 11) is -1.27. The molecule has 0 saturated carbocycles. The molecule has 6 nitrogen and oxygen atoms in total. The maximum Gasteiger partial charge on any atom is 0.327 e. The van der Waals surface area contributed by atoms with Crippen LogP contribution >= 0.6 is 0 Å². The molecule has 1 amide bonds. The van der Waals surface area contributed by atoms with Crippen LogP contribution in [-0.2, 0) is 25.1 Å². The predicted octanol–water partition coefficient (Wildman–Crippen LogP) is -0.249. The third-order valence-corrected chi connectivity index (χ3v) is 3.34. The maximum atomic E-state index is 11.5. The number of carbonyl (C=O) groups is 2. The number of rotatable bonds is 9. The van der Waals surface area contributed by atoms with Crippen molar-refractivity contribution < 1.29 is 23.6 Å². The topological polar surface area (TPSA) is 92.7 Å². The van der Waals surface area contributed by atoms with E-state index in [0.29, 0.717) is 25.4 Å². The molecule has 0 aliphatic carbocycles. The van der Waals surface area contributed by atoms with Crippen LogP contribution in [0.25, 0.3) is 0 Å². The Balaban J connectivity index is 3.96. The second-order valence-electron chi connectivity index (χ2n) is 3.45. The Bertz CT molecular complexity index is 282. The fraction of sp³-hybridized carbons (Fsp3) is 0.800. The zero-order valence-corrected chi connectivity index (χ0v) is 10.9. The van der Waals surface area contributed by atoms with Crippen molar-refractivity contribution in [2.75, 3.05) is 24.7 Å². The number of hydrogen-bond acceptors (Lipinski definition) is 4. The molecule has 0 aliphatic heterocycles. The summed E-state index contributed by atoms with van der Waals surface area (Å²) in [5.74, 6) is -1.30. The molecule has 0 heterocycles. The first kappa shape index (κ1) is 16.1. The lowest BCUT2D eigenvalue weighted by Gasteiger charge is -2.12. The second-order valence-corrected chi connectivity index (χ2v) is 5.07. The quantitative estimate of drug-likeness (QED) is 0.561. The number of amides is 1. The Hall–Kier alpha value is -0.950. The van der Waals surface area contributed by atoms with Gasteiger partial charge in [0, 0.05) is 36.7 Å². The van der Waals surface area contributed by atoms with Crippen LogP contribution in [0.2, 0.25) is 0 Å². The van der Waals surface area contributed by atoms with Crippen LogP contribution in [0, 0.1) is 0 Å². The third-order valence-electron chi connectivity index (χ3n) is 1.89.